The van der Waals surface area contributed by atoms with Crippen LogP contribution in [0.25, 0.3) is 10.9 Å². The fourth-order valence-corrected chi connectivity index (χ4v) is 3.80. The van der Waals surface area contributed by atoms with E-state index in [0.717, 1.165) is 29.4 Å². The summed E-state index contributed by atoms with van der Waals surface area (Å²) in [6.45, 7) is 5.76. The second kappa shape index (κ2) is 7.17. The van der Waals surface area contributed by atoms with Crippen molar-refractivity contribution in [3.8, 4) is 5.75 Å². The molecule has 0 unspecified atom stereocenters. The maximum absolute atomic E-state index is 12.5. The van der Waals surface area contributed by atoms with Crippen LogP contribution in [0.4, 0.5) is 0 Å². The van der Waals surface area contributed by atoms with Crippen LogP contribution in [0.2, 0.25) is 0 Å². The molecule has 6 heteroatoms. The van der Waals surface area contributed by atoms with Crippen LogP contribution in [0.1, 0.15) is 25.0 Å². The molecule has 2 N–H and O–H groups in total. The lowest BCUT2D eigenvalue weighted by Crippen LogP contribution is -2.35. The van der Waals surface area contributed by atoms with E-state index in [1.807, 2.05) is 12.3 Å². The van der Waals surface area contributed by atoms with Gasteiger partial charge in [-0.05, 0) is 32.1 Å². The first kappa shape index (κ1) is 17.3. The third-order valence-corrected chi connectivity index (χ3v) is 5.27. The van der Waals surface area contributed by atoms with Gasteiger partial charge in [-0.15, -0.1) is 11.8 Å². The van der Waals surface area contributed by atoms with Crippen LogP contribution < -0.4 is 10.1 Å². The van der Waals surface area contributed by atoms with Crippen molar-refractivity contribution in [3.05, 3.63) is 29.5 Å². The molecule has 0 aliphatic carbocycles. The van der Waals surface area contributed by atoms with Crippen molar-refractivity contribution >= 4 is 28.6 Å². The number of carbonyl (C=O) groups excluding carboxylic acids is 1. The van der Waals surface area contributed by atoms with E-state index < -0.39 is 0 Å². The Morgan fingerprint density at radius 1 is 1.38 bits per heavy atom. The molecule has 1 aliphatic rings. The van der Waals surface area contributed by atoms with Gasteiger partial charge in [-0.25, -0.2) is 4.79 Å². The number of aromatic nitrogens is 1. The summed E-state index contributed by atoms with van der Waals surface area (Å²) in [6.07, 6.45) is 2.94. The van der Waals surface area contributed by atoms with Gasteiger partial charge in [0.15, 0.2) is 5.37 Å². The molecule has 0 saturated carbocycles. The summed E-state index contributed by atoms with van der Waals surface area (Å²) in [5.74, 6) is 0.506. The molecule has 2 aromatic rings. The van der Waals surface area contributed by atoms with Crippen LogP contribution in [0.5, 0.6) is 5.75 Å². The van der Waals surface area contributed by atoms with Crippen molar-refractivity contribution < 1.29 is 9.53 Å². The second-order valence-electron chi connectivity index (χ2n) is 6.71. The normalized spacial score (nSPS) is 18.1. The third kappa shape index (κ3) is 3.61. The average molecular weight is 347 g/mol. The summed E-state index contributed by atoms with van der Waals surface area (Å²) in [6, 6.07) is 4.10. The number of fused-ring (bicyclic) bond motifs is 3. The van der Waals surface area contributed by atoms with Crippen molar-refractivity contribution in [2.45, 2.75) is 37.4 Å². The van der Waals surface area contributed by atoms with E-state index in [1.54, 1.807) is 11.8 Å². The number of nitrogens with one attached hydrogen (secondary N) is 2. The Morgan fingerprint density at radius 3 is 2.88 bits per heavy atom. The highest BCUT2D eigenvalue weighted by atomic mass is 32.2. The predicted molar refractivity (Wildman–Crippen MR) is 99.5 cm³/mol. The molecule has 5 nitrogen and oxygen atoms in total. The maximum Gasteiger partial charge on any atom is 0.339 e. The second-order valence-corrected chi connectivity index (χ2v) is 8.40. The Bertz CT molecular complexity index is 739. The Kier molecular flexibility index (Phi) is 5.18. The lowest BCUT2D eigenvalue weighted by Gasteiger charge is -2.15. The molecule has 1 aliphatic heterocycles. The van der Waals surface area contributed by atoms with Gasteiger partial charge in [-0.1, -0.05) is 19.9 Å². The van der Waals surface area contributed by atoms with Gasteiger partial charge in [0.1, 0.15) is 5.75 Å². The van der Waals surface area contributed by atoms with Gasteiger partial charge in [-0.3, -0.25) is 5.32 Å². The molecule has 0 fully saturated rings. The minimum absolute atomic E-state index is 0.209. The molecule has 0 radical (unpaired) electrons. The van der Waals surface area contributed by atoms with E-state index in [-0.39, 0.29) is 11.3 Å². The third-order valence-electron chi connectivity index (χ3n) is 4.09. The SMILES string of the molecule is CC(C)S[C@@H]1NCc2ccc3[nH]cc(CCN(C)C)c3c2OC1=O. The van der Waals surface area contributed by atoms with Crippen LogP contribution in [0.15, 0.2) is 18.3 Å². The number of likely N-dealkylation sites (N-methyl/N-ethyl adjacent to an activating group) is 1. The molecule has 1 atom stereocenters. The maximum atomic E-state index is 12.5. The molecular formula is C18H25N3O2S. The van der Waals surface area contributed by atoms with Gasteiger partial charge in [0.05, 0.1) is 0 Å². The quantitative estimate of drug-likeness (QED) is 0.643. The van der Waals surface area contributed by atoms with Crippen LogP contribution >= 0.6 is 11.8 Å². The zero-order valence-corrected chi connectivity index (χ0v) is 15.5. The van der Waals surface area contributed by atoms with E-state index in [9.17, 15) is 4.79 Å². The standard InChI is InChI=1S/C18H25N3O2S/c1-11(2)24-17-18(22)23-16-13(10-20-17)5-6-14-15(16)12(9-19-14)7-8-21(3)4/h5-6,9,11,17,19-20H,7-8,10H2,1-4H3/t17-/m0/s1. The molecule has 3 rings (SSSR count). The van der Waals surface area contributed by atoms with Gasteiger partial charge in [0.2, 0.25) is 0 Å². The first-order chi connectivity index (χ1) is 11.5. The van der Waals surface area contributed by atoms with E-state index >= 15 is 0 Å². The predicted octanol–water partition coefficient (Wildman–Crippen LogP) is 2.75. The van der Waals surface area contributed by atoms with Crippen molar-refractivity contribution in [3.63, 3.8) is 0 Å². The summed E-state index contributed by atoms with van der Waals surface area (Å²) in [7, 11) is 4.13. The van der Waals surface area contributed by atoms with Gasteiger partial charge in [-0.2, -0.15) is 0 Å². The van der Waals surface area contributed by atoms with E-state index in [0.29, 0.717) is 17.5 Å². The lowest BCUT2D eigenvalue weighted by molar-refractivity contribution is -0.133. The molecule has 0 saturated heterocycles. The smallest absolute Gasteiger partial charge is 0.339 e. The molecule has 0 bridgehead atoms. The summed E-state index contributed by atoms with van der Waals surface area (Å²) in [4.78, 5) is 18.0. The van der Waals surface area contributed by atoms with Crippen molar-refractivity contribution in [2.75, 3.05) is 20.6 Å². The van der Waals surface area contributed by atoms with Crippen LogP contribution in [-0.2, 0) is 17.8 Å². The summed E-state index contributed by atoms with van der Waals surface area (Å²) >= 11 is 1.59. The summed E-state index contributed by atoms with van der Waals surface area (Å²) in [5, 5.41) is 4.39. The van der Waals surface area contributed by atoms with Crippen LogP contribution in [0.3, 0.4) is 0 Å². The Balaban J connectivity index is 1.96. The topological polar surface area (TPSA) is 57.4 Å². The minimum atomic E-state index is -0.323. The highest BCUT2D eigenvalue weighted by Gasteiger charge is 2.28. The lowest BCUT2D eigenvalue weighted by atomic mass is 10.1. The Morgan fingerprint density at radius 2 is 2.17 bits per heavy atom. The van der Waals surface area contributed by atoms with Gasteiger partial charge in [0, 0.05) is 41.0 Å². The van der Waals surface area contributed by atoms with Crippen molar-refractivity contribution in [2.24, 2.45) is 0 Å². The number of carbonyl (C=O) groups is 1. The minimum Gasteiger partial charge on any atom is -0.424 e. The van der Waals surface area contributed by atoms with Gasteiger partial charge < -0.3 is 14.6 Å². The summed E-state index contributed by atoms with van der Waals surface area (Å²) < 4.78 is 5.83. The molecule has 1 aromatic heterocycles. The zero-order valence-electron chi connectivity index (χ0n) is 14.7. The number of rotatable bonds is 5. The highest BCUT2D eigenvalue weighted by molar-refractivity contribution is 8.01. The van der Waals surface area contributed by atoms with Crippen LogP contribution in [0, 0.1) is 0 Å². The average Bonchev–Trinajstić information content (AvgIpc) is 2.86. The first-order valence-electron chi connectivity index (χ1n) is 8.33. The number of H-pyrrole nitrogens is 1. The number of hydrogen-bond donors (Lipinski definition) is 2. The number of thioether (sulfide) groups is 1. The molecular weight excluding hydrogens is 322 g/mol. The molecule has 1 aromatic carbocycles. The number of hydrogen-bond acceptors (Lipinski definition) is 5. The molecule has 0 spiro atoms. The highest BCUT2D eigenvalue weighted by Crippen LogP contribution is 2.35. The van der Waals surface area contributed by atoms with Crippen molar-refractivity contribution in [1.82, 2.24) is 15.2 Å². The first-order valence-corrected chi connectivity index (χ1v) is 9.27. The van der Waals surface area contributed by atoms with Gasteiger partial charge in [0.25, 0.3) is 0 Å². The molecule has 0 amide bonds. The largest absolute Gasteiger partial charge is 0.424 e. The fourth-order valence-electron chi connectivity index (χ4n) is 2.91. The van der Waals surface area contributed by atoms with E-state index in [2.05, 4.69) is 49.2 Å². The van der Waals surface area contributed by atoms with Crippen LogP contribution in [-0.4, -0.2) is 47.1 Å². The van der Waals surface area contributed by atoms with Crippen molar-refractivity contribution in [1.29, 1.82) is 0 Å². The number of ether oxygens (including phenoxy) is 1. The van der Waals surface area contributed by atoms with Gasteiger partial charge >= 0.3 is 5.97 Å². The molecule has 130 valence electrons. The fraction of sp³-hybridized carbons (Fsp3) is 0.500. The monoisotopic (exact) mass is 347 g/mol. The Hall–Kier alpha value is -1.50. The molecule has 24 heavy (non-hydrogen) atoms. The Labute approximate surface area is 147 Å². The van der Waals surface area contributed by atoms with E-state index in [1.165, 1.54) is 5.56 Å². The summed E-state index contributed by atoms with van der Waals surface area (Å²) in [5.41, 5.74) is 3.25. The number of nitrogens with zero attached hydrogens (tertiary/aromatic N) is 1. The molecule has 2 heterocycles. The van der Waals surface area contributed by atoms with E-state index in [4.69, 9.17) is 4.74 Å². The number of aromatic amines is 1. The zero-order chi connectivity index (χ0) is 17.3. The number of benzene rings is 1. The number of esters is 1.